The molecule has 2 N–H and O–H groups in total. The minimum Gasteiger partial charge on any atom is -0.322 e. The first kappa shape index (κ1) is 21.1. The lowest BCUT2D eigenvalue weighted by molar-refractivity contribution is 0.102. The maximum Gasteiger partial charge on any atom is 0.255 e. The average molecular weight is 389 g/mol. The molecule has 2 rings (SSSR count). The summed E-state index contributed by atoms with van der Waals surface area (Å²) in [5.74, 6) is -0.0633. The predicted octanol–water partition coefficient (Wildman–Crippen LogP) is 4.53. The van der Waals surface area contributed by atoms with Gasteiger partial charge in [0.05, 0.1) is 4.90 Å². The molecule has 2 aromatic rings. The van der Waals surface area contributed by atoms with E-state index in [2.05, 4.69) is 30.8 Å². The van der Waals surface area contributed by atoms with Gasteiger partial charge in [0.2, 0.25) is 10.0 Å². The molecule has 27 heavy (non-hydrogen) atoms. The van der Waals surface area contributed by atoms with Gasteiger partial charge in [-0.1, -0.05) is 57.9 Å². The molecule has 0 atom stereocenters. The molecule has 0 radical (unpaired) electrons. The molecule has 5 nitrogen and oxygen atoms in total. The van der Waals surface area contributed by atoms with Gasteiger partial charge in [-0.2, -0.15) is 0 Å². The quantitative estimate of drug-likeness (QED) is 0.620. The number of anilines is 1. The van der Waals surface area contributed by atoms with Crippen LogP contribution in [-0.2, 0) is 10.0 Å². The van der Waals surface area contributed by atoms with Crippen molar-refractivity contribution in [2.45, 2.75) is 50.8 Å². The van der Waals surface area contributed by atoms with Gasteiger partial charge >= 0.3 is 0 Å². The molecular formula is C21H28N2O3S. The summed E-state index contributed by atoms with van der Waals surface area (Å²) in [6.45, 7) is 6.58. The highest BCUT2D eigenvalue weighted by Crippen LogP contribution is 2.24. The molecule has 0 aliphatic carbocycles. The maximum absolute atomic E-state index is 12.6. The highest BCUT2D eigenvalue weighted by Gasteiger charge is 2.16. The van der Waals surface area contributed by atoms with E-state index in [1.54, 1.807) is 12.1 Å². The Morgan fingerprint density at radius 2 is 1.78 bits per heavy atom. The van der Waals surface area contributed by atoms with Crippen molar-refractivity contribution >= 4 is 21.6 Å². The number of hydrogen-bond donors (Lipinski definition) is 2. The number of para-hydroxylation sites is 1. The fourth-order valence-electron chi connectivity index (χ4n) is 2.78. The Labute approximate surface area is 162 Å². The van der Waals surface area contributed by atoms with Gasteiger partial charge in [0.25, 0.3) is 5.91 Å². The lowest BCUT2D eigenvalue weighted by Gasteiger charge is -2.14. The summed E-state index contributed by atoms with van der Waals surface area (Å²) in [5.41, 5.74) is 2.08. The first-order valence-electron chi connectivity index (χ1n) is 9.35. The first-order chi connectivity index (χ1) is 12.8. The molecule has 1 amide bonds. The number of amides is 1. The highest BCUT2D eigenvalue weighted by atomic mass is 32.2. The van der Waals surface area contributed by atoms with Crippen LogP contribution in [0.1, 0.15) is 61.9 Å². The van der Waals surface area contributed by atoms with Crippen LogP contribution < -0.4 is 10.0 Å². The van der Waals surface area contributed by atoms with Crippen molar-refractivity contribution in [3.05, 3.63) is 59.7 Å². The minimum atomic E-state index is -3.62. The van der Waals surface area contributed by atoms with Gasteiger partial charge < -0.3 is 5.32 Å². The van der Waals surface area contributed by atoms with Crippen LogP contribution in [-0.4, -0.2) is 20.9 Å². The lowest BCUT2D eigenvalue weighted by Crippen LogP contribution is -2.25. The summed E-state index contributed by atoms with van der Waals surface area (Å²) in [6.07, 6.45) is 2.79. The molecule has 0 heterocycles. The van der Waals surface area contributed by atoms with Gasteiger partial charge in [-0.05, 0) is 42.2 Å². The number of sulfonamides is 1. The van der Waals surface area contributed by atoms with Crippen molar-refractivity contribution in [2.24, 2.45) is 0 Å². The van der Waals surface area contributed by atoms with E-state index in [0.717, 1.165) is 30.5 Å². The number of rotatable bonds is 9. The Morgan fingerprint density at radius 3 is 2.48 bits per heavy atom. The van der Waals surface area contributed by atoms with E-state index in [1.165, 1.54) is 12.1 Å². The molecule has 0 saturated heterocycles. The average Bonchev–Trinajstić information content (AvgIpc) is 2.65. The van der Waals surface area contributed by atoms with E-state index >= 15 is 0 Å². The van der Waals surface area contributed by atoms with E-state index < -0.39 is 10.0 Å². The second-order valence-electron chi connectivity index (χ2n) is 6.83. The molecule has 0 fully saturated rings. The number of benzene rings is 2. The van der Waals surface area contributed by atoms with Crippen molar-refractivity contribution in [1.82, 2.24) is 4.72 Å². The van der Waals surface area contributed by atoms with Crippen LogP contribution in [0.4, 0.5) is 5.69 Å². The van der Waals surface area contributed by atoms with E-state index in [1.807, 2.05) is 24.3 Å². The molecule has 0 bridgehead atoms. The Hall–Kier alpha value is -2.18. The Morgan fingerprint density at radius 1 is 1.04 bits per heavy atom. The number of nitrogens with one attached hydrogen (secondary N) is 2. The zero-order valence-corrected chi connectivity index (χ0v) is 17.0. The molecule has 0 aliphatic rings. The third-order valence-corrected chi connectivity index (χ3v) is 5.77. The van der Waals surface area contributed by atoms with Gasteiger partial charge in [-0.15, -0.1) is 0 Å². The van der Waals surface area contributed by atoms with E-state index in [0.29, 0.717) is 12.1 Å². The number of carbonyl (C=O) groups excluding carboxylic acids is 1. The van der Waals surface area contributed by atoms with Crippen LogP contribution in [0.2, 0.25) is 0 Å². The van der Waals surface area contributed by atoms with E-state index in [9.17, 15) is 13.2 Å². The van der Waals surface area contributed by atoms with Crippen LogP contribution in [0.5, 0.6) is 0 Å². The van der Waals surface area contributed by atoms with Crippen molar-refractivity contribution in [3.63, 3.8) is 0 Å². The number of unbranched alkanes of at least 4 members (excludes halogenated alkanes) is 2. The van der Waals surface area contributed by atoms with Gasteiger partial charge in [0.1, 0.15) is 0 Å². The molecule has 0 aromatic heterocycles. The molecule has 0 saturated carbocycles. The monoisotopic (exact) mass is 388 g/mol. The highest BCUT2D eigenvalue weighted by molar-refractivity contribution is 7.89. The molecule has 2 aromatic carbocycles. The molecule has 0 spiro atoms. The fraction of sp³-hybridized carbons (Fsp3) is 0.381. The standard InChI is InChI=1S/C21H28N2O3S/c1-4-5-8-14-22-27(25,26)18-11-9-10-17(15-18)21(24)23-20-13-7-6-12-19(20)16(2)3/h6-7,9-13,15-16,22H,4-5,8,14H2,1-3H3,(H,23,24). The Balaban J connectivity index is 2.16. The number of carbonyl (C=O) groups is 1. The SMILES string of the molecule is CCCCCNS(=O)(=O)c1cccc(C(=O)Nc2ccccc2C(C)C)c1. The van der Waals surface area contributed by atoms with Crippen LogP contribution >= 0.6 is 0 Å². The van der Waals surface area contributed by atoms with Gasteiger partial charge in [0, 0.05) is 17.8 Å². The molecule has 6 heteroatoms. The van der Waals surface area contributed by atoms with Crippen molar-refractivity contribution in [1.29, 1.82) is 0 Å². The molecular weight excluding hydrogens is 360 g/mol. The molecule has 0 unspecified atom stereocenters. The van der Waals surface area contributed by atoms with Crippen LogP contribution in [0, 0.1) is 0 Å². The summed E-state index contributed by atoms with van der Waals surface area (Å²) in [6, 6.07) is 13.7. The third kappa shape index (κ3) is 5.91. The second-order valence-corrected chi connectivity index (χ2v) is 8.60. The fourth-order valence-corrected chi connectivity index (χ4v) is 3.90. The summed E-state index contributed by atoms with van der Waals surface area (Å²) < 4.78 is 27.4. The van der Waals surface area contributed by atoms with Crippen LogP contribution in [0.15, 0.2) is 53.4 Å². The smallest absolute Gasteiger partial charge is 0.255 e. The summed E-state index contributed by atoms with van der Waals surface area (Å²) in [5, 5.41) is 2.89. The molecule has 146 valence electrons. The topological polar surface area (TPSA) is 75.3 Å². The van der Waals surface area contributed by atoms with Crippen molar-refractivity contribution in [3.8, 4) is 0 Å². The maximum atomic E-state index is 12.6. The Kier molecular flexibility index (Phi) is 7.56. The third-order valence-electron chi connectivity index (χ3n) is 4.31. The summed E-state index contributed by atoms with van der Waals surface area (Å²) in [4.78, 5) is 12.7. The zero-order chi connectivity index (χ0) is 19.9. The van der Waals surface area contributed by atoms with Crippen LogP contribution in [0.25, 0.3) is 0 Å². The van der Waals surface area contributed by atoms with Gasteiger partial charge in [-0.25, -0.2) is 13.1 Å². The summed E-state index contributed by atoms with van der Waals surface area (Å²) >= 11 is 0. The normalized spacial score (nSPS) is 11.6. The zero-order valence-electron chi connectivity index (χ0n) is 16.2. The number of hydrogen-bond acceptors (Lipinski definition) is 3. The minimum absolute atomic E-state index is 0.101. The van der Waals surface area contributed by atoms with E-state index in [4.69, 9.17) is 0 Å². The largest absolute Gasteiger partial charge is 0.322 e. The second kappa shape index (κ2) is 9.67. The van der Waals surface area contributed by atoms with E-state index in [-0.39, 0.29) is 16.7 Å². The molecule has 0 aliphatic heterocycles. The predicted molar refractivity (Wildman–Crippen MR) is 110 cm³/mol. The first-order valence-corrected chi connectivity index (χ1v) is 10.8. The van der Waals surface area contributed by atoms with Crippen molar-refractivity contribution < 1.29 is 13.2 Å². The lowest BCUT2D eigenvalue weighted by atomic mass is 10.0. The van der Waals surface area contributed by atoms with Crippen molar-refractivity contribution in [2.75, 3.05) is 11.9 Å². The van der Waals surface area contributed by atoms with Gasteiger partial charge in [0.15, 0.2) is 0 Å². The van der Waals surface area contributed by atoms with Crippen LogP contribution in [0.3, 0.4) is 0 Å². The Bertz CT molecular complexity index is 877. The van der Waals surface area contributed by atoms with Gasteiger partial charge in [-0.3, -0.25) is 4.79 Å². The summed E-state index contributed by atoms with van der Waals surface area (Å²) in [7, 11) is -3.62.